The lowest BCUT2D eigenvalue weighted by Crippen LogP contribution is -2.04. The molecule has 152 valence electrons. The number of nitriles is 1. The Labute approximate surface area is 177 Å². The highest BCUT2D eigenvalue weighted by molar-refractivity contribution is 5.65. The molecule has 0 aliphatic rings. The molecule has 2 aromatic heterocycles. The molecule has 0 spiro atoms. The van der Waals surface area contributed by atoms with Crippen LogP contribution in [0.5, 0.6) is 0 Å². The van der Waals surface area contributed by atoms with E-state index >= 15 is 0 Å². The van der Waals surface area contributed by atoms with Crippen molar-refractivity contribution in [3.05, 3.63) is 87.9 Å². The summed E-state index contributed by atoms with van der Waals surface area (Å²) in [5, 5.41) is 31.1. The topological polar surface area (TPSA) is 135 Å². The van der Waals surface area contributed by atoms with E-state index in [-0.39, 0.29) is 5.69 Å². The van der Waals surface area contributed by atoms with Crippen molar-refractivity contribution < 1.29 is 4.92 Å². The molecule has 0 saturated heterocycles. The molecule has 0 fully saturated rings. The zero-order valence-electron chi connectivity index (χ0n) is 16.4. The third-order valence-corrected chi connectivity index (χ3v) is 4.58. The first kappa shape index (κ1) is 19.7. The minimum absolute atomic E-state index is 0.0142. The SMILES string of the molecule is Cc1cc(C#N)ccc1-c1ccnc(NCc2cn(-c3ccc([N+](=O)[O-])cc3)nn2)n1. The molecule has 0 atom stereocenters. The molecule has 2 aromatic carbocycles. The van der Waals surface area contributed by atoms with Crippen molar-refractivity contribution >= 4 is 11.6 Å². The van der Waals surface area contributed by atoms with E-state index in [2.05, 4.69) is 31.7 Å². The van der Waals surface area contributed by atoms with Gasteiger partial charge in [-0.2, -0.15) is 5.26 Å². The number of hydrogen-bond acceptors (Lipinski definition) is 8. The number of anilines is 1. The number of aromatic nitrogens is 5. The Balaban J connectivity index is 1.46. The van der Waals surface area contributed by atoms with E-state index in [1.54, 1.807) is 30.6 Å². The number of non-ortho nitro benzene ring substituents is 1. The molecular formula is C21H16N8O2. The van der Waals surface area contributed by atoms with Crippen LogP contribution in [0, 0.1) is 28.4 Å². The fourth-order valence-corrected chi connectivity index (χ4v) is 3.02. The average molecular weight is 412 g/mol. The third kappa shape index (κ3) is 4.35. The van der Waals surface area contributed by atoms with E-state index in [0.717, 1.165) is 16.8 Å². The van der Waals surface area contributed by atoms with Gasteiger partial charge in [-0.15, -0.1) is 5.10 Å². The van der Waals surface area contributed by atoms with Gasteiger partial charge in [0.15, 0.2) is 0 Å². The first-order valence-corrected chi connectivity index (χ1v) is 9.27. The van der Waals surface area contributed by atoms with E-state index in [0.29, 0.717) is 29.4 Å². The van der Waals surface area contributed by atoms with Crippen molar-refractivity contribution in [1.29, 1.82) is 5.26 Å². The van der Waals surface area contributed by atoms with Crippen molar-refractivity contribution in [1.82, 2.24) is 25.0 Å². The molecule has 10 heteroatoms. The summed E-state index contributed by atoms with van der Waals surface area (Å²) in [4.78, 5) is 19.1. The molecule has 0 aliphatic carbocycles. The maximum atomic E-state index is 10.8. The minimum Gasteiger partial charge on any atom is -0.348 e. The molecule has 0 saturated carbocycles. The highest BCUT2D eigenvalue weighted by Crippen LogP contribution is 2.23. The highest BCUT2D eigenvalue weighted by Gasteiger charge is 2.09. The zero-order valence-corrected chi connectivity index (χ0v) is 16.4. The van der Waals surface area contributed by atoms with Crippen molar-refractivity contribution in [3.8, 4) is 23.0 Å². The van der Waals surface area contributed by atoms with Crippen molar-refractivity contribution in [2.45, 2.75) is 13.5 Å². The molecule has 0 radical (unpaired) electrons. The number of aryl methyl sites for hydroxylation is 1. The molecule has 10 nitrogen and oxygen atoms in total. The van der Waals surface area contributed by atoms with Gasteiger partial charge in [0.25, 0.3) is 5.69 Å². The van der Waals surface area contributed by atoms with Gasteiger partial charge >= 0.3 is 0 Å². The number of benzene rings is 2. The molecule has 0 amide bonds. The number of hydrogen-bond donors (Lipinski definition) is 1. The van der Waals surface area contributed by atoms with E-state index in [1.165, 1.54) is 16.8 Å². The number of nitrogens with one attached hydrogen (secondary N) is 1. The van der Waals surface area contributed by atoms with Gasteiger partial charge in [-0.05, 0) is 42.8 Å². The van der Waals surface area contributed by atoms with Gasteiger partial charge in [-0.1, -0.05) is 11.3 Å². The third-order valence-electron chi connectivity index (χ3n) is 4.58. The Hall–Kier alpha value is -4.65. The summed E-state index contributed by atoms with van der Waals surface area (Å²) in [5.41, 5.74) is 4.56. The highest BCUT2D eigenvalue weighted by atomic mass is 16.6. The molecular weight excluding hydrogens is 396 g/mol. The van der Waals surface area contributed by atoms with Gasteiger partial charge in [0.2, 0.25) is 5.95 Å². The van der Waals surface area contributed by atoms with Crippen LogP contribution in [0.15, 0.2) is 60.9 Å². The fourth-order valence-electron chi connectivity index (χ4n) is 3.02. The molecule has 1 N–H and O–H groups in total. The molecule has 2 heterocycles. The van der Waals surface area contributed by atoms with E-state index in [1.807, 2.05) is 25.1 Å². The predicted octanol–water partition coefficient (Wildman–Crippen LogP) is 3.42. The van der Waals surface area contributed by atoms with Crippen LogP contribution in [0.4, 0.5) is 11.6 Å². The second-order valence-corrected chi connectivity index (χ2v) is 6.69. The van der Waals surface area contributed by atoms with E-state index in [9.17, 15) is 10.1 Å². The molecule has 0 unspecified atom stereocenters. The van der Waals surface area contributed by atoms with Crippen LogP contribution >= 0.6 is 0 Å². The monoisotopic (exact) mass is 412 g/mol. The normalized spacial score (nSPS) is 10.5. The number of rotatable bonds is 6. The van der Waals surface area contributed by atoms with Crippen LogP contribution in [0.1, 0.15) is 16.8 Å². The van der Waals surface area contributed by atoms with Crippen LogP contribution in [-0.4, -0.2) is 29.9 Å². The second-order valence-electron chi connectivity index (χ2n) is 6.69. The molecule has 4 aromatic rings. The Morgan fingerprint density at radius 2 is 2.00 bits per heavy atom. The van der Waals surface area contributed by atoms with Crippen LogP contribution < -0.4 is 5.32 Å². The van der Waals surface area contributed by atoms with Crippen LogP contribution in [0.2, 0.25) is 0 Å². The predicted molar refractivity (Wildman–Crippen MR) is 112 cm³/mol. The Kier molecular flexibility index (Phi) is 5.31. The number of nitro groups is 1. The van der Waals surface area contributed by atoms with Crippen LogP contribution in [-0.2, 0) is 6.54 Å². The average Bonchev–Trinajstić information content (AvgIpc) is 3.27. The van der Waals surface area contributed by atoms with Gasteiger partial charge in [0, 0.05) is 23.9 Å². The van der Waals surface area contributed by atoms with Crippen molar-refractivity contribution in [2.24, 2.45) is 0 Å². The maximum Gasteiger partial charge on any atom is 0.269 e. The summed E-state index contributed by atoms with van der Waals surface area (Å²) in [6.07, 6.45) is 3.39. The van der Waals surface area contributed by atoms with Gasteiger partial charge < -0.3 is 5.32 Å². The molecule has 0 bridgehead atoms. The standard InChI is InChI=1S/C21H16N8O2/c1-14-10-15(11-22)2-7-19(14)20-8-9-23-21(25-20)24-12-16-13-28(27-26-16)17-3-5-18(6-4-17)29(30)31/h2-10,13H,12H2,1H3,(H,23,24,25). The summed E-state index contributed by atoms with van der Waals surface area (Å²) in [6, 6.07) is 15.4. The summed E-state index contributed by atoms with van der Waals surface area (Å²) >= 11 is 0. The number of nitro benzene ring substituents is 1. The lowest BCUT2D eigenvalue weighted by atomic mass is 10.0. The zero-order chi connectivity index (χ0) is 21.8. The summed E-state index contributed by atoms with van der Waals surface area (Å²) < 4.78 is 1.54. The van der Waals surface area contributed by atoms with Crippen LogP contribution in [0.3, 0.4) is 0 Å². The van der Waals surface area contributed by atoms with Gasteiger partial charge in [0.05, 0.1) is 40.7 Å². The Bertz CT molecular complexity index is 1290. The quantitative estimate of drug-likeness (QED) is 0.376. The first-order chi connectivity index (χ1) is 15.0. The van der Waals surface area contributed by atoms with E-state index < -0.39 is 4.92 Å². The lowest BCUT2D eigenvalue weighted by molar-refractivity contribution is -0.384. The van der Waals surface area contributed by atoms with E-state index in [4.69, 9.17) is 5.26 Å². The van der Waals surface area contributed by atoms with Gasteiger partial charge in [-0.25, -0.2) is 14.6 Å². The van der Waals surface area contributed by atoms with Gasteiger partial charge in [-0.3, -0.25) is 10.1 Å². The summed E-state index contributed by atoms with van der Waals surface area (Å²) in [5.74, 6) is 0.436. The smallest absolute Gasteiger partial charge is 0.269 e. The largest absolute Gasteiger partial charge is 0.348 e. The fraction of sp³-hybridized carbons (Fsp3) is 0.0952. The second kappa shape index (κ2) is 8.38. The first-order valence-electron chi connectivity index (χ1n) is 9.27. The summed E-state index contributed by atoms with van der Waals surface area (Å²) in [6.45, 7) is 2.28. The molecule has 0 aliphatic heterocycles. The van der Waals surface area contributed by atoms with Crippen LogP contribution in [0.25, 0.3) is 16.9 Å². The molecule has 4 rings (SSSR count). The van der Waals surface area contributed by atoms with Crippen molar-refractivity contribution in [3.63, 3.8) is 0 Å². The Morgan fingerprint density at radius 3 is 2.71 bits per heavy atom. The minimum atomic E-state index is -0.450. The van der Waals surface area contributed by atoms with Gasteiger partial charge in [0.1, 0.15) is 5.69 Å². The van der Waals surface area contributed by atoms with Crippen molar-refractivity contribution in [2.75, 3.05) is 5.32 Å². The Morgan fingerprint density at radius 1 is 1.19 bits per heavy atom. The molecule has 31 heavy (non-hydrogen) atoms. The maximum absolute atomic E-state index is 10.8. The number of nitrogens with zero attached hydrogens (tertiary/aromatic N) is 7. The lowest BCUT2D eigenvalue weighted by Gasteiger charge is -2.08. The summed E-state index contributed by atoms with van der Waals surface area (Å²) in [7, 11) is 0.